The molecule has 1 unspecified atom stereocenters. The molecule has 150 valence electrons. The van der Waals surface area contributed by atoms with Gasteiger partial charge in [0.15, 0.2) is 18.1 Å². The lowest BCUT2D eigenvalue weighted by Gasteiger charge is -2.34. The second kappa shape index (κ2) is 11.0. The lowest BCUT2D eigenvalue weighted by Crippen LogP contribution is -2.46. The predicted molar refractivity (Wildman–Crippen MR) is 110 cm³/mol. The lowest BCUT2D eigenvalue weighted by molar-refractivity contribution is -0.123. The van der Waals surface area contributed by atoms with Crippen molar-refractivity contribution in [1.29, 1.82) is 0 Å². The first-order valence-corrected chi connectivity index (χ1v) is 9.91. The van der Waals surface area contributed by atoms with Crippen LogP contribution in [0.15, 0.2) is 24.3 Å². The van der Waals surface area contributed by atoms with Gasteiger partial charge in [0.05, 0.1) is 7.11 Å². The summed E-state index contributed by atoms with van der Waals surface area (Å²) in [5, 5.41) is 3.04. The summed E-state index contributed by atoms with van der Waals surface area (Å²) in [5.41, 5.74) is 1.03. The fourth-order valence-corrected chi connectivity index (χ4v) is 3.80. The van der Waals surface area contributed by atoms with Crippen LogP contribution in [0.2, 0.25) is 0 Å². The maximum Gasteiger partial charge on any atom is 0.257 e. The van der Waals surface area contributed by atoms with E-state index in [9.17, 15) is 4.79 Å². The van der Waals surface area contributed by atoms with Gasteiger partial charge < -0.3 is 19.7 Å². The number of ether oxygens (including phenoxy) is 2. The van der Waals surface area contributed by atoms with Gasteiger partial charge in [0.1, 0.15) is 0 Å². The number of carbonyl (C=O) groups is 1. The van der Waals surface area contributed by atoms with Crippen LogP contribution in [0.25, 0.3) is 6.08 Å². The van der Waals surface area contributed by atoms with Gasteiger partial charge in [-0.3, -0.25) is 4.79 Å². The van der Waals surface area contributed by atoms with Gasteiger partial charge in [0.25, 0.3) is 5.91 Å². The topological polar surface area (TPSA) is 50.8 Å². The van der Waals surface area contributed by atoms with Crippen molar-refractivity contribution in [1.82, 2.24) is 10.2 Å². The van der Waals surface area contributed by atoms with Crippen molar-refractivity contribution in [2.24, 2.45) is 5.92 Å². The highest BCUT2D eigenvalue weighted by Crippen LogP contribution is 2.29. The van der Waals surface area contributed by atoms with Crippen LogP contribution in [0.4, 0.5) is 0 Å². The summed E-state index contributed by atoms with van der Waals surface area (Å²) in [6.07, 6.45) is 10.4. The van der Waals surface area contributed by atoms with Gasteiger partial charge in [-0.05, 0) is 57.5 Å². The van der Waals surface area contributed by atoms with Crippen molar-refractivity contribution in [3.05, 3.63) is 29.8 Å². The van der Waals surface area contributed by atoms with E-state index in [-0.39, 0.29) is 12.5 Å². The first kappa shape index (κ1) is 21.3. The Hall–Kier alpha value is -2.01. The normalized spacial score (nSPS) is 16.5. The van der Waals surface area contributed by atoms with E-state index in [0.29, 0.717) is 30.0 Å². The molecule has 1 aliphatic rings. The second-order valence-electron chi connectivity index (χ2n) is 7.43. The van der Waals surface area contributed by atoms with Crippen molar-refractivity contribution in [3.63, 3.8) is 0 Å². The Labute approximate surface area is 163 Å². The third kappa shape index (κ3) is 6.58. The fourth-order valence-electron chi connectivity index (χ4n) is 3.80. The molecule has 0 aromatic heterocycles. The van der Waals surface area contributed by atoms with Gasteiger partial charge in [0, 0.05) is 12.6 Å². The number of allylic oxidation sites excluding steroid dienone is 1. The van der Waals surface area contributed by atoms with Crippen LogP contribution in [0.5, 0.6) is 11.5 Å². The number of likely N-dealkylation sites (N-methyl/N-ethyl adjacent to an activating group) is 1. The molecule has 0 radical (unpaired) electrons. The van der Waals surface area contributed by atoms with Gasteiger partial charge >= 0.3 is 0 Å². The van der Waals surface area contributed by atoms with Crippen molar-refractivity contribution in [3.8, 4) is 11.5 Å². The molecule has 1 aromatic rings. The Morgan fingerprint density at radius 1 is 1.26 bits per heavy atom. The number of carbonyl (C=O) groups excluding carboxylic acids is 1. The average Bonchev–Trinajstić information content (AvgIpc) is 2.67. The number of nitrogens with zero attached hydrogens (tertiary/aromatic N) is 1. The minimum absolute atomic E-state index is 0.00978. The molecule has 0 saturated heterocycles. The molecule has 1 aliphatic carbocycles. The zero-order chi connectivity index (χ0) is 19.6. The fraction of sp³-hybridized carbons (Fsp3) is 0.591. The maximum atomic E-state index is 12.3. The van der Waals surface area contributed by atoms with E-state index >= 15 is 0 Å². The Morgan fingerprint density at radius 3 is 2.63 bits per heavy atom. The molecular weight excluding hydrogens is 340 g/mol. The van der Waals surface area contributed by atoms with Crippen LogP contribution in [0, 0.1) is 5.92 Å². The number of amides is 1. The lowest BCUT2D eigenvalue weighted by atomic mass is 9.83. The molecule has 5 heteroatoms. The quantitative estimate of drug-likeness (QED) is 0.715. The number of benzene rings is 1. The molecule has 1 aromatic carbocycles. The van der Waals surface area contributed by atoms with Crippen molar-refractivity contribution in [2.75, 3.05) is 34.4 Å². The molecule has 27 heavy (non-hydrogen) atoms. The van der Waals surface area contributed by atoms with E-state index in [1.165, 1.54) is 32.1 Å². The molecule has 1 saturated carbocycles. The van der Waals surface area contributed by atoms with E-state index in [1.54, 1.807) is 7.11 Å². The molecule has 0 bridgehead atoms. The highest BCUT2D eigenvalue weighted by molar-refractivity contribution is 5.77. The van der Waals surface area contributed by atoms with Crippen LogP contribution in [-0.4, -0.2) is 51.2 Å². The van der Waals surface area contributed by atoms with E-state index < -0.39 is 0 Å². The molecule has 0 aliphatic heterocycles. The third-order valence-electron chi connectivity index (χ3n) is 5.27. The third-order valence-corrected chi connectivity index (χ3v) is 5.27. The smallest absolute Gasteiger partial charge is 0.257 e. The molecule has 1 atom stereocenters. The van der Waals surface area contributed by atoms with Crippen LogP contribution in [0.3, 0.4) is 0 Å². The average molecular weight is 375 g/mol. The molecule has 1 fully saturated rings. The summed E-state index contributed by atoms with van der Waals surface area (Å²) in [6.45, 7) is 2.62. The van der Waals surface area contributed by atoms with Crippen LogP contribution in [-0.2, 0) is 4.79 Å². The minimum atomic E-state index is -0.0998. The molecule has 0 spiro atoms. The zero-order valence-corrected chi connectivity index (χ0v) is 17.2. The van der Waals surface area contributed by atoms with Crippen LogP contribution in [0.1, 0.15) is 44.6 Å². The first-order chi connectivity index (χ1) is 13.0. The molecule has 0 heterocycles. The van der Waals surface area contributed by atoms with E-state index in [2.05, 4.69) is 24.3 Å². The Kier molecular flexibility index (Phi) is 8.65. The number of methoxy groups -OCH3 is 1. The molecule has 5 nitrogen and oxygen atoms in total. The standard InChI is InChI=1S/C22H34N2O3/c1-5-9-17-12-13-20(21(14-17)26-4)27-16-22(25)23-15-19(24(2)3)18-10-7-6-8-11-18/h5,9,12-14,18-19H,6-8,10-11,15-16H2,1-4H3,(H,23,25). The molecule has 1 N–H and O–H groups in total. The molecule has 1 amide bonds. The van der Waals surface area contributed by atoms with Crippen molar-refractivity contribution >= 4 is 12.0 Å². The van der Waals surface area contributed by atoms with Crippen LogP contribution < -0.4 is 14.8 Å². The summed E-state index contributed by atoms with van der Waals surface area (Å²) < 4.78 is 11.1. The monoisotopic (exact) mass is 374 g/mol. The Morgan fingerprint density at radius 2 is 2.00 bits per heavy atom. The zero-order valence-electron chi connectivity index (χ0n) is 17.2. The second-order valence-corrected chi connectivity index (χ2v) is 7.43. The summed E-state index contributed by atoms with van der Waals surface area (Å²) >= 11 is 0. The predicted octanol–water partition coefficient (Wildman–Crippen LogP) is 3.73. The largest absolute Gasteiger partial charge is 0.493 e. The molecule has 2 rings (SSSR count). The van der Waals surface area contributed by atoms with Gasteiger partial charge in [-0.25, -0.2) is 0 Å². The summed E-state index contributed by atoms with van der Waals surface area (Å²) in [6, 6.07) is 6.06. The number of hydrogen-bond donors (Lipinski definition) is 1. The molecular formula is C22H34N2O3. The van der Waals surface area contributed by atoms with E-state index in [0.717, 1.165) is 5.56 Å². The van der Waals surface area contributed by atoms with Gasteiger partial charge in [0.2, 0.25) is 0 Å². The summed E-state index contributed by atoms with van der Waals surface area (Å²) in [7, 11) is 5.80. The minimum Gasteiger partial charge on any atom is -0.493 e. The summed E-state index contributed by atoms with van der Waals surface area (Å²) in [5.74, 6) is 1.77. The van der Waals surface area contributed by atoms with Gasteiger partial charge in [-0.2, -0.15) is 0 Å². The maximum absolute atomic E-state index is 12.3. The first-order valence-electron chi connectivity index (χ1n) is 9.91. The highest BCUT2D eigenvalue weighted by Gasteiger charge is 2.25. The van der Waals surface area contributed by atoms with Crippen molar-refractivity contribution in [2.45, 2.75) is 45.1 Å². The van der Waals surface area contributed by atoms with Crippen LogP contribution >= 0.6 is 0 Å². The SMILES string of the molecule is CC=Cc1ccc(OCC(=O)NCC(C2CCCCC2)N(C)C)c(OC)c1. The van der Waals surface area contributed by atoms with E-state index in [1.807, 2.05) is 37.3 Å². The van der Waals surface area contributed by atoms with Gasteiger partial charge in [-0.15, -0.1) is 0 Å². The van der Waals surface area contributed by atoms with E-state index in [4.69, 9.17) is 9.47 Å². The number of nitrogens with one attached hydrogen (secondary N) is 1. The Balaban J connectivity index is 1.86. The van der Waals surface area contributed by atoms with Crippen molar-refractivity contribution < 1.29 is 14.3 Å². The highest BCUT2D eigenvalue weighted by atomic mass is 16.5. The Bertz CT molecular complexity index is 622. The number of rotatable bonds is 9. The number of hydrogen-bond acceptors (Lipinski definition) is 4. The summed E-state index contributed by atoms with van der Waals surface area (Å²) in [4.78, 5) is 14.5. The van der Waals surface area contributed by atoms with Gasteiger partial charge in [-0.1, -0.05) is 37.5 Å².